The minimum atomic E-state index is -4.44. The van der Waals surface area contributed by atoms with E-state index in [1.54, 1.807) is 0 Å². The van der Waals surface area contributed by atoms with Crippen molar-refractivity contribution in [3.05, 3.63) is 58.5 Å². The smallest absolute Gasteiger partial charge is 0.416 e. The van der Waals surface area contributed by atoms with Gasteiger partial charge in [0.2, 0.25) is 0 Å². The summed E-state index contributed by atoms with van der Waals surface area (Å²) < 4.78 is 42.8. The number of nitrogens with zero attached hydrogens (tertiary/aromatic N) is 2. The third-order valence-corrected chi connectivity index (χ3v) is 3.16. The maximum atomic E-state index is 12.6. The number of oxazole rings is 1. The van der Waals surface area contributed by atoms with E-state index in [2.05, 4.69) is 4.98 Å². The average molecular weight is 308 g/mol. The first-order valence-electron chi connectivity index (χ1n) is 6.05. The Morgan fingerprint density at radius 2 is 1.82 bits per heavy atom. The molecule has 0 aliphatic carbocycles. The summed E-state index contributed by atoms with van der Waals surface area (Å²) in [5.74, 6) is 0. The van der Waals surface area contributed by atoms with Gasteiger partial charge in [0.05, 0.1) is 16.6 Å². The van der Waals surface area contributed by atoms with Crippen LogP contribution >= 0.6 is 0 Å². The van der Waals surface area contributed by atoms with Gasteiger partial charge < -0.3 is 4.42 Å². The van der Waals surface area contributed by atoms with Crippen LogP contribution in [0, 0.1) is 10.1 Å². The summed E-state index contributed by atoms with van der Waals surface area (Å²) >= 11 is 0. The van der Waals surface area contributed by atoms with Gasteiger partial charge in [-0.15, -0.1) is 0 Å². The molecule has 0 atom stereocenters. The Hall–Kier alpha value is -2.90. The average Bonchev–Trinajstić information content (AvgIpc) is 2.93. The highest BCUT2D eigenvalue weighted by atomic mass is 19.4. The van der Waals surface area contributed by atoms with E-state index in [4.69, 9.17) is 4.42 Å². The first kappa shape index (κ1) is 14.1. The van der Waals surface area contributed by atoms with Gasteiger partial charge in [0.1, 0.15) is 5.52 Å². The van der Waals surface area contributed by atoms with Gasteiger partial charge in [-0.25, -0.2) is 4.98 Å². The second-order valence-electron chi connectivity index (χ2n) is 4.52. The fourth-order valence-electron chi connectivity index (χ4n) is 2.12. The number of benzene rings is 2. The number of nitro benzene ring substituents is 1. The monoisotopic (exact) mass is 308 g/mol. The molecule has 0 aliphatic heterocycles. The van der Waals surface area contributed by atoms with Crippen molar-refractivity contribution in [2.45, 2.75) is 6.18 Å². The van der Waals surface area contributed by atoms with Gasteiger partial charge in [0.25, 0.3) is 5.69 Å². The fraction of sp³-hybridized carbons (Fsp3) is 0.0714. The summed E-state index contributed by atoms with van der Waals surface area (Å²) in [5, 5.41) is 10.9. The predicted molar refractivity (Wildman–Crippen MR) is 71.1 cm³/mol. The van der Waals surface area contributed by atoms with Crippen LogP contribution in [0.25, 0.3) is 22.2 Å². The molecule has 0 radical (unpaired) electrons. The number of rotatable bonds is 2. The van der Waals surface area contributed by atoms with Crippen LogP contribution in [-0.2, 0) is 6.18 Å². The van der Waals surface area contributed by atoms with Crippen LogP contribution in [0.5, 0.6) is 0 Å². The molecule has 1 aromatic heterocycles. The number of aromatic nitrogens is 1. The van der Waals surface area contributed by atoms with Gasteiger partial charge in [-0.1, -0.05) is 12.1 Å². The zero-order valence-electron chi connectivity index (χ0n) is 10.8. The number of fused-ring (bicyclic) bond motifs is 1. The number of alkyl halides is 3. The van der Waals surface area contributed by atoms with E-state index in [0.717, 1.165) is 18.5 Å². The van der Waals surface area contributed by atoms with E-state index in [1.165, 1.54) is 24.3 Å². The lowest BCUT2D eigenvalue weighted by molar-refractivity contribution is -0.384. The maximum Gasteiger partial charge on any atom is 0.416 e. The molecule has 0 saturated heterocycles. The minimum Gasteiger partial charge on any atom is -0.443 e. The molecule has 0 aliphatic rings. The van der Waals surface area contributed by atoms with Crippen molar-refractivity contribution in [3.63, 3.8) is 0 Å². The second kappa shape index (κ2) is 4.83. The summed E-state index contributed by atoms with van der Waals surface area (Å²) in [6, 6.07) is 6.80. The minimum absolute atomic E-state index is 0.198. The summed E-state index contributed by atoms with van der Waals surface area (Å²) in [5.41, 5.74) is 0.258. The molecule has 22 heavy (non-hydrogen) atoms. The van der Waals surface area contributed by atoms with E-state index in [9.17, 15) is 23.3 Å². The van der Waals surface area contributed by atoms with Crippen molar-refractivity contribution in [2.24, 2.45) is 0 Å². The van der Waals surface area contributed by atoms with E-state index in [-0.39, 0.29) is 11.3 Å². The molecule has 0 N–H and O–H groups in total. The number of hydrogen-bond donors (Lipinski definition) is 0. The molecular weight excluding hydrogens is 301 g/mol. The fourth-order valence-corrected chi connectivity index (χ4v) is 2.12. The van der Waals surface area contributed by atoms with E-state index >= 15 is 0 Å². The third kappa shape index (κ3) is 2.39. The van der Waals surface area contributed by atoms with E-state index < -0.39 is 16.7 Å². The quantitative estimate of drug-likeness (QED) is 0.519. The molecule has 0 bridgehead atoms. The van der Waals surface area contributed by atoms with Crippen LogP contribution in [0.15, 0.2) is 47.2 Å². The van der Waals surface area contributed by atoms with Gasteiger partial charge in [-0.2, -0.15) is 13.2 Å². The van der Waals surface area contributed by atoms with Crippen LogP contribution in [0.2, 0.25) is 0 Å². The zero-order valence-corrected chi connectivity index (χ0v) is 10.8. The molecule has 5 nitrogen and oxygen atoms in total. The lowest BCUT2D eigenvalue weighted by Gasteiger charge is -2.08. The summed E-state index contributed by atoms with van der Waals surface area (Å²) in [4.78, 5) is 14.3. The van der Waals surface area contributed by atoms with Gasteiger partial charge in [-0.3, -0.25) is 10.1 Å². The van der Waals surface area contributed by atoms with Crippen LogP contribution in [0.3, 0.4) is 0 Å². The Bertz CT molecular complexity index is 854. The molecular formula is C14H7F3N2O3. The Kier molecular flexibility index (Phi) is 3.09. The molecule has 0 fully saturated rings. The third-order valence-electron chi connectivity index (χ3n) is 3.16. The second-order valence-corrected chi connectivity index (χ2v) is 4.52. The lowest BCUT2D eigenvalue weighted by atomic mass is 10.0. The largest absolute Gasteiger partial charge is 0.443 e. The number of non-ortho nitro benzene ring substituents is 1. The molecule has 1 heterocycles. The van der Waals surface area contributed by atoms with Gasteiger partial charge >= 0.3 is 6.18 Å². The van der Waals surface area contributed by atoms with Crippen LogP contribution in [0.1, 0.15) is 5.56 Å². The molecule has 8 heteroatoms. The van der Waals surface area contributed by atoms with Crippen LogP contribution in [0.4, 0.5) is 18.9 Å². The Labute approximate surface area is 121 Å². The Morgan fingerprint density at radius 3 is 2.41 bits per heavy atom. The molecule has 2 aromatic carbocycles. The zero-order chi connectivity index (χ0) is 15.9. The van der Waals surface area contributed by atoms with Crippen molar-refractivity contribution in [1.82, 2.24) is 4.98 Å². The Morgan fingerprint density at radius 1 is 1.14 bits per heavy atom. The lowest BCUT2D eigenvalue weighted by Crippen LogP contribution is -2.04. The summed E-state index contributed by atoms with van der Waals surface area (Å²) in [7, 11) is 0. The molecule has 0 spiro atoms. The van der Waals surface area contributed by atoms with Crippen molar-refractivity contribution in [1.29, 1.82) is 0 Å². The van der Waals surface area contributed by atoms with Crippen molar-refractivity contribution >= 4 is 16.8 Å². The molecule has 0 unspecified atom stereocenters. The van der Waals surface area contributed by atoms with Gasteiger partial charge in [0, 0.05) is 11.6 Å². The topological polar surface area (TPSA) is 69.2 Å². The van der Waals surface area contributed by atoms with E-state index in [1.807, 2.05) is 0 Å². The van der Waals surface area contributed by atoms with Gasteiger partial charge in [0.15, 0.2) is 12.0 Å². The molecule has 3 aromatic rings. The van der Waals surface area contributed by atoms with Crippen LogP contribution in [-0.4, -0.2) is 9.91 Å². The standard InChI is InChI=1S/C14H7F3N2O3/c15-14(16,17)9-3-1-8(2-4-9)11-5-10(19(20)21)6-12-13(11)18-7-22-12/h1-7H. The normalized spacial score (nSPS) is 11.8. The molecule has 0 saturated carbocycles. The SMILES string of the molecule is O=[N+]([O-])c1cc(-c2ccc(C(F)(F)F)cc2)c2ncoc2c1. The first-order chi connectivity index (χ1) is 10.4. The van der Waals surface area contributed by atoms with Crippen molar-refractivity contribution in [2.75, 3.05) is 0 Å². The highest BCUT2D eigenvalue weighted by molar-refractivity contribution is 5.92. The maximum absolute atomic E-state index is 12.6. The summed E-state index contributed by atoms with van der Waals surface area (Å²) in [6.07, 6.45) is -3.31. The summed E-state index contributed by atoms with van der Waals surface area (Å²) in [6.45, 7) is 0. The van der Waals surface area contributed by atoms with E-state index in [0.29, 0.717) is 16.6 Å². The van der Waals surface area contributed by atoms with Crippen molar-refractivity contribution in [3.8, 4) is 11.1 Å². The molecule has 3 rings (SSSR count). The first-order valence-corrected chi connectivity index (χ1v) is 6.05. The number of nitro groups is 1. The number of halogens is 3. The Balaban J connectivity index is 2.17. The molecule has 0 amide bonds. The van der Waals surface area contributed by atoms with Crippen molar-refractivity contribution < 1.29 is 22.5 Å². The highest BCUT2D eigenvalue weighted by Gasteiger charge is 2.30. The number of hydrogen-bond acceptors (Lipinski definition) is 4. The van der Waals surface area contributed by atoms with Gasteiger partial charge in [-0.05, 0) is 17.7 Å². The highest BCUT2D eigenvalue weighted by Crippen LogP contribution is 2.35. The molecule has 112 valence electrons. The van der Waals surface area contributed by atoms with Crippen LogP contribution < -0.4 is 0 Å². The predicted octanol–water partition coefficient (Wildman–Crippen LogP) is 4.42.